The van der Waals surface area contributed by atoms with Crippen molar-refractivity contribution >= 4 is 15.7 Å². The summed E-state index contributed by atoms with van der Waals surface area (Å²) in [6, 6.07) is 1.65. The van der Waals surface area contributed by atoms with Gasteiger partial charge in [0.2, 0.25) is 10.0 Å². The lowest BCUT2D eigenvalue weighted by atomic mass is 9.71. The summed E-state index contributed by atoms with van der Waals surface area (Å²) in [5.74, 6) is 0. The summed E-state index contributed by atoms with van der Waals surface area (Å²) in [5, 5.41) is 2.87. The van der Waals surface area contributed by atoms with Gasteiger partial charge in [0.15, 0.2) is 0 Å². The van der Waals surface area contributed by atoms with Crippen molar-refractivity contribution in [2.24, 2.45) is 5.41 Å². The molecular weight excluding hydrogens is 250 g/mol. The largest absolute Gasteiger partial charge is 0.387 e. The Labute approximate surface area is 108 Å². The lowest BCUT2D eigenvalue weighted by molar-refractivity contribution is 0.166. The van der Waals surface area contributed by atoms with Crippen LogP contribution in [-0.2, 0) is 10.0 Å². The van der Waals surface area contributed by atoms with Crippen molar-refractivity contribution < 1.29 is 8.42 Å². The average molecular weight is 269 g/mol. The molecule has 0 unspecified atom stereocenters. The van der Waals surface area contributed by atoms with Gasteiger partial charge in [-0.05, 0) is 24.3 Å². The highest BCUT2D eigenvalue weighted by molar-refractivity contribution is 7.89. The molecule has 0 aliphatic heterocycles. The Bertz CT molecular complexity index is 524. The van der Waals surface area contributed by atoms with Gasteiger partial charge in [0.1, 0.15) is 4.90 Å². The van der Waals surface area contributed by atoms with E-state index < -0.39 is 10.0 Å². The topological polar surface area (TPSA) is 71.1 Å². The lowest BCUT2D eigenvalue weighted by Gasteiger charge is -2.38. The summed E-state index contributed by atoms with van der Waals surface area (Å²) in [4.78, 5) is 4.08. The van der Waals surface area contributed by atoms with Crippen LogP contribution in [0.2, 0.25) is 0 Å². The number of nitrogens with one attached hydrogen (secondary N) is 2. The highest BCUT2D eigenvalue weighted by atomic mass is 32.2. The van der Waals surface area contributed by atoms with E-state index in [1.54, 1.807) is 19.3 Å². The van der Waals surface area contributed by atoms with Crippen LogP contribution >= 0.6 is 0 Å². The van der Waals surface area contributed by atoms with E-state index in [0.717, 1.165) is 12.8 Å². The monoisotopic (exact) mass is 269 g/mol. The van der Waals surface area contributed by atoms with E-state index >= 15 is 0 Å². The van der Waals surface area contributed by atoms with E-state index in [9.17, 15) is 8.42 Å². The van der Waals surface area contributed by atoms with Crippen LogP contribution in [0, 0.1) is 5.41 Å². The standard InChI is InChI=1S/C12H19N3O2S/c1-12(5-3-6-12)9-15-18(16,17)11-8-14-7-4-10(11)13-2/h4,7-8,15H,3,5-6,9H2,1-2H3,(H,13,14). The van der Waals surface area contributed by atoms with Gasteiger partial charge < -0.3 is 5.32 Å². The first kappa shape index (κ1) is 13.3. The van der Waals surface area contributed by atoms with Crippen LogP contribution in [0.15, 0.2) is 23.4 Å². The van der Waals surface area contributed by atoms with Crippen molar-refractivity contribution in [3.05, 3.63) is 18.5 Å². The Hall–Kier alpha value is -1.14. The Morgan fingerprint density at radius 3 is 2.72 bits per heavy atom. The third kappa shape index (κ3) is 2.64. The van der Waals surface area contributed by atoms with E-state index in [2.05, 4.69) is 21.9 Å². The molecule has 0 atom stereocenters. The van der Waals surface area contributed by atoms with E-state index in [-0.39, 0.29) is 10.3 Å². The summed E-state index contributed by atoms with van der Waals surface area (Å²) < 4.78 is 27.1. The lowest BCUT2D eigenvalue weighted by Crippen LogP contribution is -2.40. The maximum atomic E-state index is 12.2. The zero-order valence-electron chi connectivity index (χ0n) is 10.7. The molecule has 0 radical (unpaired) electrons. The number of sulfonamides is 1. The van der Waals surface area contributed by atoms with Gasteiger partial charge in [-0.2, -0.15) is 0 Å². The molecule has 0 amide bonds. The second-order valence-corrected chi connectivity index (χ2v) is 6.85. The Morgan fingerprint density at radius 2 is 2.17 bits per heavy atom. The van der Waals surface area contributed by atoms with E-state index in [0.29, 0.717) is 12.2 Å². The van der Waals surface area contributed by atoms with Gasteiger partial charge in [-0.1, -0.05) is 13.3 Å². The third-order valence-electron chi connectivity index (χ3n) is 3.59. The smallest absolute Gasteiger partial charge is 0.244 e. The molecule has 2 N–H and O–H groups in total. The minimum Gasteiger partial charge on any atom is -0.387 e. The number of hydrogen-bond donors (Lipinski definition) is 2. The number of pyridine rings is 1. The number of aromatic nitrogens is 1. The predicted octanol–water partition coefficient (Wildman–Crippen LogP) is 1.59. The van der Waals surface area contributed by atoms with Crippen molar-refractivity contribution in [3.8, 4) is 0 Å². The Morgan fingerprint density at radius 1 is 1.44 bits per heavy atom. The Balaban J connectivity index is 2.15. The number of rotatable bonds is 5. The molecule has 5 nitrogen and oxygen atoms in total. The molecule has 0 bridgehead atoms. The fraction of sp³-hybridized carbons (Fsp3) is 0.583. The summed E-state index contributed by atoms with van der Waals surface area (Å²) in [7, 11) is -1.79. The SMILES string of the molecule is CNc1ccncc1S(=O)(=O)NCC1(C)CCC1. The molecule has 1 heterocycles. The second-order valence-electron chi connectivity index (χ2n) is 5.11. The fourth-order valence-electron chi connectivity index (χ4n) is 2.10. The second kappa shape index (κ2) is 4.85. The first-order chi connectivity index (χ1) is 8.47. The zero-order valence-corrected chi connectivity index (χ0v) is 11.5. The van der Waals surface area contributed by atoms with Crippen LogP contribution in [0.3, 0.4) is 0 Å². The van der Waals surface area contributed by atoms with Gasteiger partial charge in [0, 0.05) is 26.0 Å². The summed E-state index contributed by atoms with van der Waals surface area (Å²) >= 11 is 0. The fourth-order valence-corrected chi connectivity index (χ4v) is 3.46. The number of anilines is 1. The van der Waals surface area contributed by atoms with Crippen LogP contribution < -0.4 is 10.0 Å². The van der Waals surface area contributed by atoms with Gasteiger partial charge in [0.25, 0.3) is 0 Å². The maximum Gasteiger partial charge on any atom is 0.244 e. The summed E-state index contributed by atoms with van der Waals surface area (Å²) in [6.07, 6.45) is 6.30. The summed E-state index contributed by atoms with van der Waals surface area (Å²) in [6.45, 7) is 2.61. The molecule has 1 aliphatic rings. The molecule has 1 saturated carbocycles. The number of hydrogen-bond acceptors (Lipinski definition) is 4. The molecule has 0 spiro atoms. The Kier molecular flexibility index (Phi) is 3.59. The molecule has 0 saturated heterocycles. The van der Waals surface area contributed by atoms with Crippen molar-refractivity contribution in [2.45, 2.75) is 31.1 Å². The van der Waals surface area contributed by atoms with Crippen molar-refractivity contribution in [1.29, 1.82) is 0 Å². The summed E-state index contributed by atoms with van der Waals surface area (Å²) in [5.41, 5.74) is 0.686. The zero-order chi connectivity index (χ0) is 13.2. The maximum absolute atomic E-state index is 12.2. The van der Waals surface area contributed by atoms with E-state index in [4.69, 9.17) is 0 Å². The molecule has 0 aromatic carbocycles. The molecule has 1 aromatic heterocycles. The quantitative estimate of drug-likeness (QED) is 0.851. The van der Waals surface area contributed by atoms with Gasteiger partial charge in [0.05, 0.1) is 5.69 Å². The molecule has 1 fully saturated rings. The number of nitrogens with zero attached hydrogens (tertiary/aromatic N) is 1. The van der Waals surface area contributed by atoms with Gasteiger partial charge in [-0.25, -0.2) is 13.1 Å². The average Bonchev–Trinajstić information content (AvgIpc) is 2.34. The van der Waals surface area contributed by atoms with E-state index in [1.165, 1.54) is 12.6 Å². The minimum absolute atomic E-state index is 0.120. The molecule has 100 valence electrons. The predicted molar refractivity (Wildman–Crippen MR) is 70.9 cm³/mol. The minimum atomic E-state index is -3.49. The van der Waals surface area contributed by atoms with Crippen LogP contribution in [0.4, 0.5) is 5.69 Å². The molecule has 1 aromatic rings. The van der Waals surface area contributed by atoms with Gasteiger partial charge >= 0.3 is 0 Å². The van der Waals surface area contributed by atoms with Crippen molar-refractivity contribution in [3.63, 3.8) is 0 Å². The van der Waals surface area contributed by atoms with Crippen LogP contribution in [0.1, 0.15) is 26.2 Å². The van der Waals surface area contributed by atoms with Gasteiger partial charge in [-0.15, -0.1) is 0 Å². The van der Waals surface area contributed by atoms with Crippen LogP contribution in [0.25, 0.3) is 0 Å². The highest BCUT2D eigenvalue weighted by Gasteiger charge is 2.33. The van der Waals surface area contributed by atoms with Crippen molar-refractivity contribution in [1.82, 2.24) is 9.71 Å². The first-order valence-electron chi connectivity index (χ1n) is 6.08. The van der Waals surface area contributed by atoms with Crippen molar-refractivity contribution in [2.75, 3.05) is 18.9 Å². The highest BCUT2D eigenvalue weighted by Crippen LogP contribution is 2.39. The van der Waals surface area contributed by atoms with Crippen LogP contribution in [-0.4, -0.2) is 27.0 Å². The molecular formula is C12H19N3O2S. The third-order valence-corrected chi connectivity index (χ3v) is 5.02. The normalized spacial score (nSPS) is 18.1. The molecule has 1 aliphatic carbocycles. The first-order valence-corrected chi connectivity index (χ1v) is 7.57. The van der Waals surface area contributed by atoms with Gasteiger partial charge in [-0.3, -0.25) is 4.98 Å². The molecule has 6 heteroatoms. The van der Waals surface area contributed by atoms with E-state index in [1.807, 2.05) is 0 Å². The molecule has 2 rings (SSSR count). The molecule has 18 heavy (non-hydrogen) atoms. The van der Waals surface area contributed by atoms with Crippen LogP contribution in [0.5, 0.6) is 0 Å².